The van der Waals surface area contributed by atoms with Crippen LogP contribution in [0, 0.1) is 27.7 Å². The Balaban J connectivity index is 3.46. The van der Waals surface area contributed by atoms with Gasteiger partial charge in [-0.2, -0.15) is 0 Å². The van der Waals surface area contributed by atoms with Gasteiger partial charge in [-0.05, 0) is 38.8 Å². The first-order valence-corrected chi connectivity index (χ1v) is 3.87. The molecule has 2 radical (unpaired) electrons. The minimum absolute atomic E-state index is 0.947. The molecule has 1 aromatic rings. The van der Waals surface area contributed by atoms with Gasteiger partial charge in [0.25, 0.3) is 0 Å². The van der Waals surface area contributed by atoms with Crippen molar-refractivity contribution in [3.05, 3.63) is 28.3 Å². The van der Waals surface area contributed by atoms with Crippen molar-refractivity contribution in [1.82, 2.24) is 0 Å². The van der Waals surface area contributed by atoms with E-state index in [9.17, 15) is 0 Å². The Hall–Kier alpha value is -0.715. The molecular weight excluding hydrogens is 131 g/mol. The highest BCUT2D eigenvalue weighted by molar-refractivity contribution is 6.34. The zero-order chi connectivity index (χ0) is 8.59. The van der Waals surface area contributed by atoms with E-state index in [1.165, 1.54) is 22.3 Å². The fourth-order valence-electron chi connectivity index (χ4n) is 1.25. The average molecular weight is 144 g/mol. The van der Waals surface area contributed by atoms with Crippen molar-refractivity contribution in [1.29, 1.82) is 0 Å². The van der Waals surface area contributed by atoms with Gasteiger partial charge in [-0.25, -0.2) is 0 Å². The molecule has 0 aliphatic carbocycles. The van der Waals surface area contributed by atoms with Gasteiger partial charge in [-0.3, -0.25) is 0 Å². The molecule has 0 heterocycles. The molecular formula is C10H13B. The highest BCUT2D eigenvalue weighted by Gasteiger charge is 2.01. The van der Waals surface area contributed by atoms with Crippen LogP contribution in [0.2, 0.25) is 0 Å². The van der Waals surface area contributed by atoms with Crippen LogP contribution in [0.15, 0.2) is 6.07 Å². The lowest BCUT2D eigenvalue weighted by Gasteiger charge is -2.11. The maximum absolute atomic E-state index is 5.88. The van der Waals surface area contributed by atoms with Crippen molar-refractivity contribution < 1.29 is 0 Å². The molecule has 0 aliphatic heterocycles. The van der Waals surface area contributed by atoms with Gasteiger partial charge in [-0.1, -0.05) is 22.7 Å². The number of hydrogen-bond donors (Lipinski definition) is 0. The Bertz CT molecular complexity index is 261. The minimum atomic E-state index is 0.947. The minimum Gasteiger partial charge on any atom is -0.0904 e. The molecule has 0 bridgehead atoms. The Morgan fingerprint density at radius 1 is 0.909 bits per heavy atom. The Labute approximate surface area is 70.0 Å². The molecule has 0 aromatic heterocycles. The van der Waals surface area contributed by atoms with Crippen LogP contribution in [0.25, 0.3) is 0 Å². The van der Waals surface area contributed by atoms with Gasteiger partial charge in [0.05, 0.1) is 0 Å². The van der Waals surface area contributed by atoms with Gasteiger partial charge in [0.15, 0.2) is 0 Å². The fraction of sp³-hybridized carbons (Fsp3) is 0.400. The van der Waals surface area contributed by atoms with Gasteiger partial charge in [0.2, 0.25) is 0 Å². The summed E-state index contributed by atoms with van der Waals surface area (Å²) in [6, 6.07) is 2.18. The van der Waals surface area contributed by atoms with E-state index in [4.69, 9.17) is 7.85 Å². The predicted molar refractivity (Wildman–Crippen MR) is 50.8 cm³/mol. The van der Waals surface area contributed by atoms with Crippen LogP contribution >= 0.6 is 0 Å². The maximum Gasteiger partial charge on any atom is 0.114 e. The van der Waals surface area contributed by atoms with Crippen molar-refractivity contribution >= 4 is 13.3 Å². The lowest BCUT2D eigenvalue weighted by atomic mass is 9.83. The van der Waals surface area contributed by atoms with E-state index in [0.717, 1.165) is 5.46 Å². The maximum atomic E-state index is 5.88. The summed E-state index contributed by atoms with van der Waals surface area (Å²) in [6.45, 7) is 8.32. The lowest BCUT2D eigenvalue weighted by Crippen LogP contribution is -2.14. The van der Waals surface area contributed by atoms with Crippen molar-refractivity contribution in [2.24, 2.45) is 0 Å². The molecule has 0 N–H and O–H groups in total. The van der Waals surface area contributed by atoms with E-state index >= 15 is 0 Å². The molecule has 0 fully saturated rings. The Morgan fingerprint density at radius 3 is 1.64 bits per heavy atom. The van der Waals surface area contributed by atoms with E-state index in [1.54, 1.807) is 0 Å². The molecule has 0 atom stereocenters. The molecule has 56 valence electrons. The number of aryl methyl sites for hydroxylation is 2. The highest BCUT2D eigenvalue weighted by atomic mass is 14.0. The van der Waals surface area contributed by atoms with E-state index < -0.39 is 0 Å². The summed E-state index contributed by atoms with van der Waals surface area (Å²) in [5, 5.41) is 0. The van der Waals surface area contributed by atoms with Crippen molar-refractivity contribution in [2.75, 3.05) is 0 Å². The summed E-state index contributed by atoms with van der Waals surface area (Å²) in [5.41, 5.74) is 5.94. The van der Waals surface area contributed by atoms with Crippen molar-refractivity contribution in [3.63, 3.8) is 0 Å². The molecule has 11 heavy (non-hydrogen) atoms. The monoisotopic (exact) mass is 144 g/mol. The molecule has 1 heteroatoms. The molecule has 0 amide bonds. The Kier molecular flexibility index (Phi) is 2.08. The van der Waals surface area contributed by atoms with Crippen LogP contribution in [-0.4, -0.2) is 7.85 Å². The zero-order valence-electron chi connectivity index (χ0n) is 7.65. The third-order valence-corrected chi connectivity index (χ3v) is 2.42. The first-order chi connectivity index (χ1) is 5.04. The first-order valence-electron chi connectivity index (χ1n) is 3.87. The molecule has 0 nitrogen and oxygen atoms in total. The van der Waals surface area contributed by atoms with Gasteiger partial charge >= 0.3 is 0 Å². The summed E-state index contributed by atoms with van der Waals surface area (Å²) in [6.07, 6.45) is 0. The summed E-state index contributed by atoms with van der Waals surface area (Å²) < 4.78 is 0. The van der Waals surface area contributed by atoms with Crippen molar-refractivity contribution in [3.8, 4) is 0 Å². The molecule has 0 aliphatic rings. The van der Waals surface area contributed by atoms with Crippen LogP contribution in [-0.2, 0) is 0 Å². The zero-order valence-corrected chi connectivity index (χ0v) is 7.65. The van der Waals surface area contributed by atoms with Crippen LogP contribution in [0.1, 0.15) is 22.3 Å². The van der Waals surface area contributed by atoms with Crippen LogP contribution in [0.3, 0.4) is 0 Å². The van der Waals surface area contributed by atoms with Gasteiger partial charge in [0.1, 0.15) is 7.85 Å². The highest BCUT2D eigenvalue weighted by Crippen LogP contribution is 2.10. The Morgan fingerprint density at radius 2 is 1.27 bits per heavy atom. The number of rotatable bonds is 0. The molecule has 1 aromatic carbocycles. The normalized spacial score (nSPS) is 10.2. The molecule has 0 saturated heterocycles. The average Bonchev–Trinajstić information content (AvgIpc) is 1.97. The predicted octanol–water partition coefficient (Wildman–Crippen LogP) is 1.71. The van der Waals surface area contributed by atoms with Gasteiger partial charge in [-0.15, -0.1) is 0 Å². The smallest absolute Gasteiger partial charge is 0.0904 e. The fourth-order valence-corrected chi connectivity index (χ4v) is 1.25. The quantitative estimate of drug-likeness (QED) is 0.486. The molecule has 0 saturated carbocycles. The SMILES string of the molecule is [B]c1c(C)c(C)cc(C)c1C. The molecule has 0 spiro atoms. The van der Waals surface area contributed by atoms with E-state index in [2.05, 4.69) is 33.8 Å². The van der Waals surface area contributed by atoms with Crippen LogP contribution in [0.5, 0.6) is 0 Å². The summed E-state index contributed by atoms with van der Waals surface area (Å²) in [5.74, 6) is 0. The third-order valence-electron chi connectivity index (χ3n) is 2.42. The molecule has 0 unspecified atom stereocenters. The number of benzene rings is 1. The van der Waals surface area contributed by atoms with Crippen LogP contribution < -0.4 is 5.46 Å². The summed E-state index contributed by atoms with van der Waals surface area (Å²) >= 11 is 0. The largest absolute Gasteiger partial charge is 0.114 e. The standard InChI is InChI=1S/C10H13B/c1-6-5-7(2)9(4)10(11)8(6)3/h5H,1-4H3. The van der Waals surface area contributed by atoms with E-state index in [-0.39, 0.29) is 0 Å². The van der Waals surface area contributed by atoms with Crippen LogP contribution in [0.4, 0.5) is 0 Å². The summed E-state index contributed by atoms with van der Waals surface area (Å²) in [4.78, 5) is 0. The van der Waals surface area contributed by atoms with E-state index in [1.807, 2.05) is 0 Å². The topological polar surface area (TPSA) is 0 Å². The number of hydrogen-bond acceptors (Lipinski definition) is 0. The first kappa shape index (κ1) is 8.38. The van der Waals surface area contributed by atoms with E-state index in [0.29, 0.717) is 0 Å². The lowest BCUT2D eigenvalue weighted by molar-refractivity contribution is 1.27. The summed E-state index contributed by atoms with van der Waals surface area (Å²) in [7, 11) is 5.88. The second-order valence-electron chi connectivity index (χ2n) is 3.17. The third kappa shape index (κ3) is 1.32. The second kappa shape index (κ2) is 2.73. The van der Waals surface area contributed by atoms with Crippen molar-refractivity contribution in [2.45, 2.75) is 27.7 Å². The molecule has 1 rings (SSSR count). The van der Waals surface area contributed by atoms with Gasteiger partial charge < -0.3 is 0 Å². The second-order valence-corrected chi connectivity index (χ2v) is 3.17. The van der Waals surface area contributed by atoms with Gasteiger partial charge in [0, 0.05) is 0 Å².